The van der Waals surface area contributed by atoms with Gasteiger partial charge in [0.2, 0.25) is 0 Å². The largest absolute Gasteiger partial charge is 0.493 e. The number of nitrogens with zero attached hydrogens (tertiary/aromatic N) is 3. The summed E-state index contributed by atoms with van der Waals surface area (Å²) in [6.07, 6.45) is 3.23. The number of carbonyl (C=O) groups is 1. The first-order valence-electron chi connectivity index (χ1n) is 9.91. The van der Waals surface area contributed by atoms with Gasteiger partial charge in [-0.15, -0.1) is 0 Å². The third kappa shape index (κ3) is 3.30. The minimum absolute atomic E-state index is 0.271. The summed E-state index contributed by atoms with van der Waals surface area (Å²) in [4.78, 5) is 17.4. The molecular weight excluding hydrogens is 392 g/mol. The quantitative estimate of drug-likeness (QED) is 0.455. The van der Waals surface area contributed by atoms with Crippen LogP contribution in [0.2, 0.25) is 0 Å². The standard InChI is InChI=1S/C24H20N4O3/c1-15(21-13-17-9-6-10-20(30-2)22(17)31-21)27-24(29)18-14-26-28-19(11-12-25-23(18)28)16-7-4-3-5-8-16/h3-15H,1-2H3,(H,27,29). The smallest absolute Gasteiger partial charge is 0.257 e. The van der Waals surface area contributed by atoms with Gasteiger partial charge < -0.3 is 14.5 Å². The van der Waals surface area contributed by atoms with Crippen LogP contribution >= 0.6 is 0 Å². The monoisotopic (exact) mass is 412 g/mol. The highest BCUT2D eigenvalue weighted by Gasteiger charge is 2.20. The van der Waals surface area contributed by atoms with Gasteiger partial charge in [0.1, 0.15) is 11.3 Å². The number of amides is 1. The summed E-state index contributed by atoms with van der Waals surface area (Å²) in [7, 11) is 1.60. The molecule has 31 heavy (non-hydrogen) atoms. The third-order valence-corrected chi connectivity index (χ3v) is 5.24. The fraction of sp³-hybridized carbons (Fsp3) is 0.125. The first-order chi connectivity index (χ1) is 15.2. The van der Waals surface area contributed by atoms with Crippen LogP contribution in [-0.2, 0) is 0 Å². The Labute approximate surface area is 178 Å². The average molecular weight is 412 g/mol. The summed E-state index contributed by atoms with van der Waals surface area (Å²) >= 11 is 0. The second-order valence-electron chi connectivity index (χ2n) is 7.21. The maximum atomic E-state index is 13.0. The molecule has 2 aromatic carbocycles. The fourth-order valence-corrected chi connectivity index (χ4v) is 3.66. The zero-order chi connectivity index (χ0) is 21.4. The maximum Gasteiger partial charge on any atom is 0.257 e. The van der Waals surface area contributed by atoms with E-state index in [1.54, 1.807) is 24.0 Å². The van der Waals surface area contributed by atoms with Crippen LogP contribution in [0.15, 0.2) is 77.5 Å². The number of aromatic nitrogens is 3. The summed E-state index contributed by atoms with van der Waals surface area (Å²) in [6, 6.07) is 19.0. The molecule has 5 aromatic rings. The molecule has 5 rings (SSSR count). The Hall–Kier alpha value is -4.13. The first-order valence-corrected chi connectivity index (χ1v) is 9.91. The van der Waals surface area contributed by atoms with Gasteiger partial charge in [0.25, 0.3) is 5.91 Å². The van der Waals surface area contributed by atoms with Gasteiger partial charge >= 0.3 is 0 Å². The van der Waals surface area contributed by atoms with E-state index in [0.29, 0.717) is 28.3 Å². The van der Waals surface area contributed by atoms with Crippen molar-refractivity contribution >= 4 is 22.5 Å². The van der Waals surface area contributed by atoms with Crippen molar-refractivity contribution in [3.63, 3.8) is 0 Å². The first kappa shape index (κ1) is 18.9. The summed E-state index contributed by atoms with van der Waals surface area (Å²) < 4.78 is 13.0. The Morgan fingerprint density at radius 1 is 1.13 bits per heavy atom. The van der Waals surface area contributed by atoms with Crippen LogP contribution in [0.5, 0.6) is 5.75 Å². The highest BCUT2D eigenvalue weighted by Crippen LogP contribution is 2.31. The van der Waals surface area contributed by atoms with E-state index < -0.39 is 0 Å². The van der Waals surface area contributed by atoms with Gasteiger partial charge in [-0.25, -0.2) is 9.50 Å². The van der Waals surface area contributed by atoms with Crippen LogP contribution < -0.4 is 10.1 Å². The molecule has 1 amide bonds. The second-order valence-corrected chi connectivity index (χ2v) is 7.21. The number of fused-ring (bicyclic) bond motifs is 2. The predicted molar refractivity (Wildman–Crippen MR) is 117 cm³/mol. The number of rotatable bonds is 5. The van der Waals surface area contributed by atoms with E-state index >= 15 is 0 Å². The zero-order valence-electron chi connectivity index (χ0n) is 17.1. The van der Waals surface area contributed by atoms with Crippen molar-refractivity contribution in [1.29, 1.82) is 0 Å². The Morgan fingerprint density at radius 3 is 2.77 bits per heavy atom. The molecule has 0 spiro atoms. The van der Waals surface area contributed by atoms with Gasteiger partial charge in [-0.1, -0.05) is 42.5 Å². The Kier molecular flexibility index (Phi) is 4.63. The van der Waals surface area contributed by atoms with Crippen LogP contribution in [0.4, 0.5) is 0 Å². The van der Waals surface area contributed by atoms with Gasteiger partial charge in [0.05, 0.1) is 25.0 Å². The molecular formula is C24H20N4O3. The van der Waals surface area contributed by atoms with Crippen LogP contribution in [0.3, 0.4) is 0 Å². The number of furan rings is 1. The molecule has 1 unspecified atom stereocenters. The third-order valence-electron chi connectivity index (χ3n) is 5.24. The normalized spacial score (nSPS) is 12.2. The lowest BCUT2D eigenvalue weighted by Crippen LogP contribution is -2.26. The summed E-state index contributed by atoms with van der Waals surface area (Å²) in [5.74, 6) is 1.03. The highest BCUT2D eigenvalue weighted by atomic mass is 16.5. The Balaban J connectivity index is 1.44. The van der Waals surface area contributed by atoms with Gasteiger partial charge in [-0.3, -0.25) is 4.79 Å². The minimum atomic E-state index is -0.350. The SMILES string of the molecule is COc1cccc2cc(C(C)NC(=O)c3cnn4c(-c5ccccc5)ccnc34)oc12. The van der Waals surface area contributed by atoms with E-state index in [1.807, 2.05) is 67.6 Å². The Bertz CT molecular complexity index is 1390. The number of methoxy groups -OCH3 is 1. The number of benzene rings is 2. The molecule has 3 aromatic heterocycles. The fourth-order valence-electron chi connectivity index (χ4n) is 3.66. The van der Waals surface area contributed by atoms with Crippen molar-refractivity contribution in [1.82, 2.24) is 19.9 Å². The number of ether oxygens (including phenoxy) is 1. The molecule has 0 bridgehead atoms. The molecule has 0 radical (unpaired) electrons. The lowest BCUT2D eigenvalue weighted by Gasteiger charge is -2.11. The van der Waals surface area contributed by atoms with Crippen LogP contribution in [-0.4, -0.2) is 27.6 Å². The maximum absolute atomic E-state index is 13.0. The van der Waals surface area contributed by atoms with E-state index in [4.69, 9.17) is 9.15 Å². The lowest BCUT2D eigenvalue weighted by molar-refractivity contribution is 0.0937. The van der Waals surface area contributed by atoms with Crippen molar-refractivity contribution in [2.24, 2.45) is 0 Å². The number of para-hydroxylation sites is 1. The van der Waals surface area contributed by atoms with Crippen LogP contribution in [0, 0.1) is 0 Å². The van der Waals surface area contributed by atoms with E-state index in [-0.39, 0.29) is 11.9 Å². The molecule has 1 atom stereocenters. The van der Waals surface area contributed by atoms with Crippen molar-refractivity contribution in [2.75, 3.05) is 7.11 Å². The van der Waals surface area contributed by atoms with Gasteiger partial charge in [0, 0.05) is 17.1 Å². The molecule has 154 valence electrons. The molecule has 0 saturated carbocycles. The molecule has 0 aliphatic carbocycles. The van der Waals surface area contributed by atoms with Gasteiger partial charge in [-0.05, 0) is 25.1 Å². The number of nitrogens with one attached hydrogen (secondary N) is 1. The average Bonchev–Trinajstić information content (AvgIpc) is 3.44. The number of hydrogen-bond donors (Lipinski definition) is 1. The minimum Gasteiger partial charge on any atom is -0.493 e. The van der Waals surface area contributed by atoms with E-state index in [0.717, 1.165) is 16.6 Å². The summed E-state index contributed by atoms with van der Waals surface area (Å²) in [5.41, 5.74) is 3.42. The molecule has 7 nitrogen and oxygen atoms in total. The van der Waals surface area contributed by atoms with Crippen molar-refractivity contribution in [2.45, 2.75) is 13.0 Å². The summed E-state index contributed by atoms with van der Waals surface area (Å²) in [6.45, 7) is 1.87. The van der Waals surface area contributed by atoms with E-state index in [9.17, 15) is 4.79 Å². The molecule has 0 aliphatic rings. The molecule has 1 N–H and O–H groups in total. The van der Waals surface area contributed by atoms with Crippen molar-refractivity contribution < 1.29 is 13.9 Å². The van der Waals surface area contributed by atoms with Crippen LogP contribution in [0.25, 0.3) is 27.9 Å². The lowest BCUT2D eigenvalue weighted by atomic mass is 10.1. The Morgan fingerprint density at radius 2 is 1.97 bits per heavy atom. The van der Waals surface area contributed by atoms with Gasteiger partial charge in [0.15, 0.2) is 17.0 Å². The van der Waals surface area contributed by atoms with Crippen molar-refractivity contribution in [3.8, 4) is 17.0 Å². The van der Waals surface area contributed by atoms with E-state index in [2.05, 4.69) is 15.4 Å². The number of carbonyl (C=O) groups excluding carboxylic acids is 1. The topological polar surface area (TPSA) is 81.7 Å². The van der Waals surface area contributed by atoms with E-state index in [1.165, 1.54) is 0 Å². The molecule has 0 fully saturated rings. The highest BCUT2D eigenvalue weighted by molar-refractivity contribution is 6.00. The number of hydrogen-bond acceptors (Lipinski definition) is 5. The molecule has 7 heteroatoms. The van der Waals surface area contributed by atoms with Crippen molar-refractivity contribution in [3.05, 3.63) is 84.4 Å². The summed E-state index contributed by atoms with van der Waals surface area (Å²) in [5, 5.41) is 8.31. The zero-order valence-corrected chi connectivity index (χ0v) is 17.1. The molecule has 3 heterocycles. The van der Waals surface area contributed by atoms with Gasteiger partial charge in [-0.2, -0.15) is 5.10 Å². The van der Waals surface area contributed by atoms with Crippen LogP contribution in [0.1, 0.15) is 29.1 Å². The molecule has 0 aliphatic heterocycles. The predicted octanol–water partition coefficient (Wildman–Crippen LogP) is 4.64. The second kappa shape index (κ2) is 7.60. The molecule has 0 saturated heterocycles.